The molecule has 3 heteroatoms. The van der Waals surface area contributed by atoms with E-state index in [1.165, 1.54) is 0 Å². The molecular weight excluding hydrogens is 156 g/mol. The molecule has 3 N–H and O–H groups in total. The SMILES string of the molecule is OC/C=C/C1=CC(O)C(O)CC1. The molecule has 0 radical (unpaired) electrons. The van der Waals surface area contributed by atoms with Gasteiger partial charge in [-0.1, -0.05) is 18.2 Å². The zero-order valence-electron chi connectivity index (χ0n) is 6.85. The van der Waals surface area contributed by atoms with Crippen LogP contribution in [-0.2, 0) is 0 Å². The van der Waals surface area contributed by atoms with Gasteiger partial charge >= 0.3 is 0 Å². The third kappa shape index (κ3) is 2.44. The fourth-order valence-electron chi connectivity index (χ4n) is 1.24. The maximum Gasteiger partial charge on any atom is 0.0985 e. The quantitative estimate of drug-likeness (QED) is 0.545. The van der Waals surface area contributed by atoms with Crippen LogP contribution in [0.15, 0.2) is 23.8 Å². The highest BCUT2D eigenvalue weighted by Crippen LogP contribution is 2.19. The Morgan fingerprint density at radius 3 is 2.83 bits per heavy atom. The normalized spacial score (nSPS) is 30.8. The maximum absolute atomic E-state index is 9.22. The van der Waals surface area contributed by atoms with Crippen LogP contribution in [0.5, 0.6) is 0 Å². The van der Waals surface area contributed by atoms with Gasteiger partial charge in [0, 0.05) is 0 Å². The smallest absolute Gasteiger partial charge is 0.0985 e. The van der Waals surface area contributed by atoms with E-state index < -0.39 is 12.2 Å². The summed E-state index contributed by atoms with van der Waals surface area (Å²) in [4.78, 5) is 0. The van der Waals surface area contributed by atoms with Crippen molar-refractivity contribution >= 4 is 0 Å². The highest BCUT2D eigenvalue weighted by Gasteiger charge is 2.18. The number of hydrogen-bond acceptors (Lipinski definition) is 3. The first kappa shape index (κ1) is 9.45. The Morgan fingerprint density at radius 1 is 1.50 bits per heavy atom. The van der Waals surface area contributed by atoms with Gasteiger partial charge in [-0.2, -0.15) is 0 Å². The highest BCUT2D eigenvalue weighted by molar-refractivity contribution is 5.23. The molecule has 1 rings (SSSR count). The van der Waals surface area contributed by atoms with Crippen LogP contribution in [0.25, 0.3) is 0 Å². The summed E-state index contributed by atoms with van der Waals surface area (Å²) >= 11 is 0. The largest absolute Gasteiger partial charge is 0.392 e. The second-order valence-corrected chi connectivity index (χ2v) is 2.92. The third-order valence-electron chi connectivity index (χ3n) is 1.95. The van der Waals surface area contributed by atoms with Crippen molar-refractivity contribution in [3.8, 4) is 0 Å². The zero-order chi connectivity index (χ0) is 8.97. The van der Waals surface area contributed by atoms with Crippen LogP contribution < -0.4 is 0 Å². The molecule has 0 aromatic heterocycles. The lowest BCUT2D eigenvalue weighted by Gasteiger charge is -2.20. The van der Waals surface area contributed by atoms with Gasteiger partial charge in [0.05, 0.1) is 18.8 Å². The minimum Gasteiger partial charge on any atom is -0.392 e. The van der Waals surface area contributed by atoms with Crippen molar-refractivity contribution in [2.24, 2.45) is 0 Å². The number of rotatable bonds is 2. The molecule has 0 heterocycles. The van der Waals surface area contributed by atoms with Crippen molar-refractivity contribution in [3.63, 3.8) is 0 Å². The van der Waals surface area contributed by atoms with Crippen LogP contribution in [0.3, 0.4) is 0 Å². The Labute approximate surface area is 71.7 Å². The van der Waals surface area contributed by atoms with Crippen LogP contribution in [0.4, 0.5) is 0 Å². The number of aliphatic hydroxyl groups excluding tert-OH is 3. The Bertz CT molecular complexity index is 196. The first-order chi connectivity index (χ1) is 5.74. The molecular formula is C9H14O3. The summed E-state index contributed by atoms with van der Waals surface area (Å²) < 4.78 is 0. The third-order valence-corrected chi connectivity index (χ3v) is 1.95. The summed E-state index contributed by atoms with van der Waals surface area (Å²) in [5.74, 6) is 0. The van der Waals surface area contributed by atoms with Crippen molar-refractivity contribution in [1.29, 1.82) is 0 Å². The van der Waals surface area contributed by atoms with Gasteiger partial charge in [-0.05, 0) is 18.4 Å². The molecule has 0 spiro atoms. The van der Waals surface area contributed by atoms with E-state index in [9.17, 15) is 5.11 Å². The fourth-order valence-corrected chi connectivity index (χ4v) is 1.24. The summed E-state index contributed by atoms with van der Waals surface area (Å²) in [6.45, 7) is 0.00991. The molecule has 0 saturated carbocycles. The molecule has 0 aromatic rings. The molecule has 2 atom stereocenters. The Balaban J connectivity index is 2.56. The van der Waals surface area contributed by atoms with Gasteiger partial charge in [0.1, 0.15) is 0 Å². The number of allylic oxidation sites excluding steroid dienone is 2. The van der Waals surface area contributed by atoms with Crippen LogP contribution in [0.1, 0.15) is 12.8 Å². The van der Waals surface area contributed by atoms with Crippen molar-refractivity contribution in [3.05, 3.63) is 23.8 Å². The van der Waals surface area contributed by atoms with Crippen LogP contribution >= 0.6 is 0 Å². The molecule has 68 valence electrons. The first-order valence-electron chi connectivity index (χ1n) is 4.08. The molecule has 0 aliphatic heterocycles. The Hall–Kier alpha value is -0.640. The fraction of sp³-hybridized carbons (Fsp3) is 0.556. The monoisotopic (exact) mass is 170 g/mol. The van der Waals surface area contributed by atoms with Crippen LogP contribution in [0.2, 0.25) is 0 Å². The topological polar surface area (TPSA) is 60.7 Å². The molecule has 2 unspecified atom stereocenters. The molecule has 3 nitrogen and oxygen atoms in total. The molecule has 0 fully saturated rings. The zero-order valence-corrected chi connectivity index (χ0v) is 6.85. The van der Waals surface area contributed by atoms with Crippen molar-refractivity contribution < 1.29 is 15.3 Å². The molecule has 12 heavy (non-hydrogen) atoms. The summed E-state index contributed by atoms with van der Waals surface area (Å²) in [5.41, 5.74) is 0.974. The number of hydrogen-bond donors (Lipinski definition) is 3. The van der Waals surface area contributed by atoms with E-state index in [0.29, 0.717) is 6.42 Å². The molecule has 1 aliphatic carbocycles. The van der Waals surface area contributed by atoms with Gasteiger partial charge in [0.2, 0.25) is 0 Å². The molecule has 0 bridgehead atoms. The minimum absolute atomic E-state index is 0.00991. The maximum atomic E-state index is 9.22. The van der Waals surface area contributed by atoms with Crippen molar-refractivity contribution in [1.82, 2.24) is 0 Å². The van der Waals surface area contributed by atoms with E-state index >= 15 is 0 Å². The predicted molar refractivity (Wildman–Crippen MR) is 45.6 cm³/mol. The van der Waals surface area contributed by atoms with Gasteiger partial charge in [0.25, 0.3) is 0 Å². The summed E-state index contributed by atoms with van der Waals surface area (Å²) in [6, 6.07) is 0. The van der Waals surface area contributed by atoms with Gasteiger partial charge in [-0.15, -0.1) is 0 Å². The van der Waals surface area contributed by atoms with E-state index in [4.69, 9.17) is 10.2 Å². The van der Waals surface area contributed by atoms with Crippen molar-refractivity contribution in [2.45, 2.75) is 25.0 Å². The molecule has 0 amide bonds. The average molecular weight is 170 g/mol. The molecule has 0 aromatic carbocycles. The van der Waals surface area contributed by atoms with E-state index in [2.05, 4.69) is 0 Å². The highest BCUT2D eigenvalue weighted by atomic mass is 16.3. The summed E-state index contributed by atoms with van der Waals surface area (Å²) in [6.07, 6.45) is 4.98. The lowest BCUT2D eigenvalue weighted by atomic mass is 9.95. The van der Waals surface area contributed by atoms with Gasteiger partial charge in [-0.25, -0.2) is 0 Å². The Kier molecular flexibility index (Phi) is 3.47. The first-order valence-corrected chi connectivity index (χ1v) is 4.08. The van der Waals surface area contributed by atoms with Crippen LogP contribution in [-0.4, -0.2) is 34.1 Å². The van der Waals surface area contributed by atoms with E-state index in [1.54, 1.807) is 18.2 Å². The second-order valence-electron chi connectivity index (χ2n) is 2.92. The minimum atomic E-state index is -0.753. The van der Waals surface area contributed by atoms with Gasteiger partial charge in [-0.3, -0.25) is 0 Å². The summed E-state index contributed by atoms with van der Waals surface area (Å²) in [7, 11) is 0. The van der Waals surface area contributed by atoms with Crippen molar-refractivity contribution in [2.75, 3.05) is 6.61 Å². The summed E-state index contributed by atoms with van der Waals surface area (Å²) in [5, 5.41) is 26.9. The van der Waals surface area contributed by atoms with E-state index in [0.717, 1.165) is 12.0 Å². The second kappa shape index (κ2) is 4.40. The van der Waals surface area contributed by atoms with E-state index in [-0.39, 0.29) is 6.61 Å². The standard InChI is InChI=1S/C9H14O3/c10-5-1-2-7-3-4-8(11)9(12)6-7/h1-2,6,8-12H,3-5H2/b2-1+. The number of aliphatic hydroxyl groups is 3. The average Bonchev–Trinajstić information content (AvgIpc) is 2.07. The molecule has 0 saturated heterocycles. The molecule has 1 aliphatic rings. The van der Waals surface area contributed by atoms with Gasteiger partial charge in [0.15, 0.2) is 0 Å². The lowest BCUT2D eigenvalue weighted by molar-refractivity contribution is 0.0377. The lowest BCUT2D eigenvalue weighted by Crippen LogP contribution is -2.27. The Morgan fingerprint density at radius 2 is 2.25 bits per heavy atom. The predicted octanol–water partition coefficient (Wildman–Crippen LogP) is -0.0231. The van der Waals surface area contributed by atoms with E-state index in [1.807, 2.05) is 0 Å². The van der Waals surface area contributed by atoms with Gasteiger partial charge < -0.3 is 15.3 Å². The van der Waals surface area contributed by atoms with Crippen LogP contribution in [0, 0.1) is 0 Å².